The average molecular weight is 254 g/mol. The van der Waals surface area contributed by atoms with Crippen LogP contribution in [0.3, 0.4) is 0 Å². The van der Waals surface area contributed by atoms with E-state index in [4.69, 9.17) is 10.7 Å². The molecular formula is C14H26N2S. The van der Waals surface area contributed by atoms with Crippen LogP contribution in [0, 0.1) is 0 Å². The maximum Gasteiger partial charge on any atom is 0.109 e. The normalized spacial score (nSPS) is 12.0. The fourth-order valence-corrected chi connectivity index (χ4v) is 2.70. The van der Waals surface area contributed by atoms with Crippen molar-refractivity contribution in [2.75, 3.05) is 5.73 Å². The van der Waals surface area contributed by atoms with Gasteiger partial charge in [-0.3, -0.25) is 0 Å². The molecule has 0 aliphatic heterocycles. The fourth-order valence-electron chi connectivity index (χ4n) is 1.76. The lowest BCUT2D eigenvalue weighted by Gasteiger charge is -2.13. The van der Waals surface area contributed by atoms with Gasteiger partial charge in [-0.2, -0.15) is 0 Å². The number of unbranched alkanes of at least 4 members (excludes halogenated alkanes) is 4. The lowest BCUT2D eigenvalue weighted by Crippen LogP contribution is -2.10. The van der Waals surface area contributed by atoms with Gasteiger partial charge in [0.2, 0.25) is 0 Å². The molecule has 0 spiro atoms. The van der Waals surface area contributed by atoms with E-state index < -0.39 is 0 Å². The minimum atomic E-state index is 0.124. The zero-order valence-corrected chi connectivity index (χ0v) is 12.5. The number of nitrogens with zero attached hydrogens (tertiary/aromatic N) is 1. The molecule has 3 heteroatoms. The molecule has 1 aromatic rings. The predicted octanol–water partition coefficient (Wildman–Crippen LogP) is 4.54. The minimum absolute atomic E-state index is 0.124. The van der Waals surface area contributed by atoms with E-state index in [-0.39, 0.29) is 5.41 Å². The van der Waals surface area contributed by atoms with Crippen molar-refractivity contribution in [3.8, 4) is 0 Å². The van der Waals surface area contributed by atoms with E-state index in [1.807, 2.05) is 0 Å². The van der Waals surface area contributed by atoms with E-state index >= 15 is 0 Å². The van der Waals surface area contributed by atoms with Gasteiger partial charge in [0.15, 0.2) is 0 Å². The number of nitrogen functional groups attached to an aromatic ring is 1. The second-order valence-corrected chi connectivity index (χ2v) is 6.77. The summed E-state index contributed by atoms with van der Waals surface area (Å²) >= 11 is 1.66. The summed E-state index contributed by atoms with van der Waals surface area (Å²) in [4.78, 5) is 4.69. The second kappa shape index (κ2) is 6.39. The number of aromatic nitrogens is 1. The summed E-state index contributed by atoms with van der Waals surface area (Å²) in [7, 11) is 0. The SMILES string of the molecule is CCCCCCCc1nc(C(C)(C)C)sc1N. The molecule has 0 saturated carbocycles. The number of aryl methyl sites for hydroxylation is 1. The summed E-state index contributed by atoms with van der Waals surface area (Å²) in [5.41, 5.74) is 7.28. The first-order valence-corrected chi connectivity index (χ1v) is 7.52. The van der Waals surface area contributed by atoms with Crippen molar-refractivity contribution in [2.24, 2.45) is 0 Å². The molecule has 0 bridgehead atoms. The first kappa shape index (κ1) is 14.5. The lowest BCUT2D eigenvalue weighted by molar-refractivity contribution is 0.580. The highest BCUT2D eigenvalue weighted by Gasteiger charge is 2.20. The molecule has 0 aliphatic carbocycles. The molecule has 1 rings (SSSR count). The molecule has 0 aromatic carbocycles. The van der Waals surface area contributed by atoms with Crippen molar-refractivity contribution in [3.05, 3.63) is 10.7 Å². The molecule has 0 radical (unpaired) electrons. The molecule has 98 valence electrons. The Kier molecular flexibility index (Phi) is 5.44. The number of thiazole rings is 1. The van der Waals surface area contributed by atoms with Crippen molar-refractivity contribution >= 4 is 16.3 Å². The van der Waals surface area contributed by atoms with Crippen LogP contribution in [0.15, 0.2) is 0 Å². The highest BCUT2D eigenvalue weighted by molar-refractivity contribution is 7.15. The zero-order valence-electron chi connectivity index (χ0n) is 11.7. The number of nitrogens with two attached hydrogens (primary N) is 1. The van der Waals surface area contributed by atoms with E-state index in [2.05, 4.69) is 27.7 Å². The maximum atomic E-state index is 6.03. The van der Waals surface area contributed by atoms with Crippen molar-refractivity contribution in [1.29, 1.82) is 0 Å². The Bertz CT molecular complexity index is 336. The van der Waals surface area contributed by atoms with Gasteiger partial charge in [0.05, 0.1) is 5.69 Å². The summed E-state index contributed by atoms with van der Waals surface area (Å²) in [6.07, 6.45) is 7.55. The first-order valence-electron chi connectivity index (χ1n) is 6.70. The third-order valence-electron chi connectivity index (χ3n) is 2.89. The molecule has 0 fully saturated rings. The van der Waals surface area contributed by atoms with Crippen molar-refractivity contribution in [2.45, 2.75) is 71.6 Å². The fraction of sp³-hybridized carbons (Fsp3) is 0.786. The van der Waals surface area contributed by atoms with Gasteiger partial charge in [-0.25, -0.2) is 4.98 Å². The highest BCUT2D eigenvalue weighted by Crippen LogP contribution is 2.31. The average Bonchev–Trinajstić information content (AvgIpc) is 2.60. The van der Waals surface area contributed by atoms with Gasteiger partial charge in [0, 0.05) is 5.41 Å². The molecule has 0 aliphatic rings. The molecule has 0 atom stereocenters. The summed E-state index contributed by atoms with van der Waals surface area (Å²) in [6, 6.07) is 0. The van der Waals surface area contributed by atoms with E-state index in [9.17, 15) is 0 Å². The van der Waals surface area contributed by atoms with Crippen molar-refractivity contribution < 1.29 is 0 Å². The number of hydrogen-bond acceptors (Lipinski definition) is 3. The van der Waals surface area contributed by atoms with Crippen molar-refractivity contribution in [3.63, 3.8) is 0 Å². The van der Waals surface area contributed by atoms with Crippen LogP contribution in [-0.2, 0) is 11.8 Å². The van der Waals surface area contributed by atoms with Gasteiger partial charge < -0.3 is 5.73 Å². The molecule has 2 nitrogen and oxygen atoms in total. The van der Waals surface area contributed by atoms with E-state index in [1.165, 1.54) is 37.1 Å². The quantitative estimate of drug-likeness (QED) is 0.757. The lowest BCUT2D eigenvalue weighted by atomic mass is 9.98. The van der Waals surface area contributed by atoms with Crippen LogP contribution in [0.4, 0.5) is 5.00 Å². The summed E-state index contributed by atoms with van der Waals surface area (Å²) in [6.45, 7) is 8.82. The van der Waals surface area contributed by atoms with Gasteiger partial charge in [0.1, 0.15) is 10.0 Å². The van der Waals surface area contributed by atoms with Crippen LogP contribution in [0.25, 0.3) is 0 Å². The van der Waals surface area contributed by atoms with Crippen LogP contribution in [0.5, 0.6) is 0 Å². The highest BCUT2D eigenvalue weighted by atomic mass is 32.1. The molecular weight excluding hydrogens is 228 g/mol. The van der Waals surface area contributed by atoms with Gasteiger partial charge in [-0.15, -0.1) is 11.3 Å². The Labute approximate surface area is 110 Å². The van der Waals surface area contributed by atoms with Crippen LogP contribution in [-0.4, -0.2) is 4.98 Å². The van der Waals surface area contributed by atoms with Gasteiger partial charge in [-0.05, 0) is 12.8 Å². The Morgan fingerprint density at radius 3 is 2.29 bits per heavy atom. The molecule has 0 amide bonds. The van der Waals surface area contributed by atoms with Gasteiger partial charge in [-0.1, -0.05) is 53.4 Å². The first-order chi connectivity index (χ1) is 7.95. The third kappa shape index (κ3) is 4.66. The standard InChI is InChI=1S/C14H26N2S/c1-5-6-7-8-9-10-11-12(15)17-13(16-11)14(2,3)4/h5-10,15H2,1-4H3. The van der Waals surface area contributed by atoms with Crippen LogP contribution < -0.4 is 5.73 Å². The summed E-state index contributed by atoms with van der Waals surface area (Å²) in [5, 5.41) is 2.09. The maximum absolute atomic E-state index is 6.03. The Balaban J connectivity index is 2.46. The molecule has 0 saturated heterocycles. The molecule has 1 aromatic heterocycles. The van der Waals surface area contributed by atoms with Crippen LogP contribution in [0.1, 0.15) is 70.5 Å². The number of rotatable bonds is 6. The monoisotopic (exact) mass is 254 g/mol. The minimum Gasteiger partial charge on any atom is -0.389 e. The number of hydrogen-bond donors (Lipinski definition) is 1. The zero-order chi connectivity index (χ0) is 12.9. The molecule has 17 heavy (non-hydrogen) atoms. The topological polar surface area (TPSA) is 38.9 Å². The Morgan fingerprint density at radius 2 is 1.76 bits per heavy atom. The van der Waals surface area contributed by atoms with Crippen LogP contribution >= 0.6 is 11.3 Å². The third-order valence-corrected chi connectivity index (χ3v) is 4.24. The predicted molar refractivity (Wildman–Crippen MR) is 77.7 cm³/mol. The van der Waals surface area contributed by atoms with Gasteiger partial charge in [0.25, 0.3) is 0 Å². The molecule has 2 N–H and O–H groups in total. The summed E-state index contributed by atoms with van der Waals surface area (Å²) in [5.74, 6) is 0. The van der Waals surface area contributed by atoms with Gasteiger partial charge >= 0.3 is 0 Å². The Morgan fingerprint density at radius 1 is 1.12 bits per heavy atom. The second-order valence-electron chi connectivity index (χ2n) is 5.74. The summed E-state index contributed by atoms with van der Waals surface area (Å²) < 4.78 is 0. The molecule has 0 unspecified atom stereocenters. The van der Waals surface area contributed by atoms with E-state index in [1.54, 1.807) is 11.3 Å². The number of anilines is 1. The smallest absolute Gasteiger partial charge is 0.109 e. The largest absolute Gasteiger partial charge is 0.389 e. The van der Waals surface area contributed by atoms with E-state index in [0.29, 0.717) is 0 Å². The van der Waals surface area contributed by atoms with Crippen molar-refractivity contribution in [1.82, 2.24) is 4.98 Å². The van der Waals surface area contributed by atoms with E-state index in [0.717, 1.165) is 17.1 Å². The molecule has 1 heterocycles. The Hall–Kier alpha value is -0.570. The van der Waals surface area contributed by atoms with Crippen LogP contribution in [0.2, 0.25) is 0 Å².